The van der Waals surface area contributed by atoms with Gasteiger partial charge in [-0.05, 0) is 59.0 Å². The number of likely N-dealkylation sites (N-methyl/N-ethyl adjacent to an activating group) is 1. The third-order valence-electron chi connectivity index (χ3n) is 7.81. The summed E-state index contributed by atoms with van der Waals surface area (Å²) in [6, 6.07) is 31.9. The highest BCUT2D eigenvalue weighted by atomic mass is 32.1. The molecule has 4 nitrogen and oxygen atoms in total. The molecule has 0 fully saturated rings. The number of nitriles is 2. The number of allylic oxidation sites excluding steroid dienone is 4. The Hall–Kier alpha value is -4.84. The Morgan fingerprint density at radius 1 is 0.975 bits per heavy atom. The van der Waals surface area contributed by atoms with Crippen LogP contribution >= 0.6 is 11.3 Å². The van der Waals surface area contributed by atoms with Crippen LogP contribution in [0.25, 0.3) is 16.8 Å². The second kappa shape index (κ2) is 10.0. The Morgan fingerprint density at radius 3 is 2.48 bits per heavy atom. The van der Waals surface area contributed by atoms with Crippen LogP contribution in [-0.2, 0) is 5.41 Å². The Balaban J connectivity index is 1.43. The molecule has 0 amide bonds. The van der Waals surface area contributed by atoms with Gasteiger partial charge in [0.1, 0.15) is 17.7 Å². The molecule has 5 heteroatoms. The zero-order chi connectivity index (χ0) is 27.9. The predicted molar refractivity (Wildman–Crippen MR) is 165 cm³/mol. The van der Waals surface area contributed by atoms with E-state index in [1.54, 1.807) is 23.5 Å². The molecule has 0 radical (unpaired) electrons. The smallest absolute Gasteiger partial charge is 0.129 e. The average Bonchev–Trinajstić information content (AvgIpc) is 3.48. The molecule has 1 unspecified atom stereocenters. The summed E-state index contributed by atoms with van der Waals surface area (Å²) in [5, 5.41) is 20.4. The van der Waals surface area contributed by atoms with Crippen LogP contribution in [0.5, 0.6) is 0 Å². The fraction of sp³-hybridized carbons (Fsp3) is 0.143. The summed E-state index contributed by atoms with van der Waals surface area (Å²) in [4.78, 5) is 7.17. The van der Waals surface area contributed by atoms with Gasteiger partial charge in [0, 0.05) is 39.5 Å². The lowest BCUT2D eigenvalue weighted by molar-refractivity contribution is 0.364. The van der Waals surface area contributed by atoms with Crippen LogP contribution in [0, 0.1) is 22.7 Å². The second-order valence-electron chi connectivity index (χ2n) is 10.6. The van der Waals surface area contributed by atoms with E-state index in [9.17, 15) is 0 Å². The molecular weight excluding hydrogens is 508 g/mol. The summed E-state index contributed by atoms with van der Waals surface area (Å²) < 4.78 is 0. The Labute approximate surface area is 239 Å². The molecule has 2 heterocycles. The third-order valence-corrected chi connectivity index (χ3v) is 8.96. The number of anilines is 2. The van der Waals surface area contributed by atoms with Gasteiger partial charge >= 0.3 is 0 Å². The summed E-state index contributed by atoms with van der Waals surface area (Å²) in [6.07, 6.45) is 9.99. The summed E-state index contributed by atoms with van der Waals surface area (Å²) in [6.45, 7) is 4.62. The molecule has 1 aliphatic heterocycles. The lowest BCUT2D eigenvalue weighted by atomic mass is 9.81. The molecule has 4 aromatic rings. The lowest BCUT2D eigenvalue weighted by Gasteiger charge is -2.37. The third kappa shape index (κ3) is 4.22. The molecule has 1 aliphatic carbocycles. The van der Waals surface area contributed by atoms with E-state index in [-0.39, 0.29) is 17.0 Å². The molecule has 194 valence electrons. The van der Waals surface area contributed by atoms with Crippen molar-refractivity contribution in [3.8, 4) is 12.1 Å². The Morgan fingerprint density at radius 2 is 1.70 bits per heavy atom. The molecule has 0 bridgehead atoms. The molecule has 0 saturated carbocycles. The maximum Gasteiger partial charge on any atom is 0.129 e. The summed E-state index contributed by atoms with van der Waals surface area (Å²) in [7, 11) is 2.17. The molecule has 0 spiro atoms. The number of hydrogen-bond donors (Lipinski definition) is 0. The monoisotopic (exact) mass is 536 g/mol. The lowest BCUT2D eigenvalue weighted by Crippen LogP contribution is -2.30. The number of rotatable bonds is 5. The van der Waals surface area contributed by atoms with Crippen LogP contribution in [0.3, 0.4) is 0 Å². The second-order valence-corrected chi connectivity index (χ2v) is 11.7. The highest BCUT2D eigenvalue weighted by molar-refractivity contribution is 7.13. The fourth-order valence-corrected chi connectivity index (χ4v) is 7.26. The van der Waals surface area contributed by atoms with Gasteiger partial charge in [-0.25, -0.2) is 0 Å². The van der Waals surface area contributed by atoms with Gasteiger partial charge in [0.2, 0.25) is 0 Å². The number of hydrogen-bond acceptors (Lipinski definition) is 5. The van der Waals surface area contributed by atoms with Gasteiger partial charge in [0.25, 0.3) is 0 Å². The quantitative estimate of drug-likeness (QED) is 0.189. The Bertz CT molecular complexity index is 1800. The van der Waals surface area contributed by atoms with Crippen molar-refractivity contribution in [1.29, 1.82) is 10.5 Å². The number of fused-ring (bicyclic) bond motifs is 4. The van der Waals surface area contributed by atoms with E-state index in [1.165, 1.54) is 26.8 Å². The van der Waals surface area contributed by atoms with Crippen molar-refractivity contribution in [2.24, 2.45) is 0 Å². The van der Waals surface area contributed by atoms with Crippen molar-refractivity contribution in [1.82, 2.24) is 4.90 Å². The summed E-state index contributed by atoms with van der Waals surface area (Å²) in [5.74, 6) is 0. The fourth-order valence-electron chi connectivity index (χ4n) is 5.85. The maximum absolute atomic E-state index is 9.01. The largest absolute Gasteiger partial charge is 0.367 e. The van der Waals surface area contributed by atoms with Crippen molar-refractivity contribution >= 4 is 39.6 Å². The van der Waals surface area contributed by atoms with E-state index in [2.05, 4.69) is 122 Å². The molecule has 0 saturated heterocycles. The highest BCUT2D eigenvalue weighted by Crippen LogP contribution is 2.56. The predicted octanol–water partition coefficient (Wildman–Crippen LogP) is 8.77. The SMILES string of the molecule is CN1C=C(N(c2ccccc2)c2cccc3ccccc23)C=C2C1c1sc(/C=C/C=C(C#N)C#N)cc1C2(C)C. The van der Waals surface area contributed by atoms with E-state index in [0.717, 1.165) is 21.9 Å². The van der Waals surface area contributed by atoms with Crippen LogP contribution in [0.4, 0.5) is 11.4 Å². The van der Waals surface area contributed by atoms with Crippen LogP contribution in [0.2, 0.25) is 0 Å². The van der Waals surface area contributed by atoms with Gasteiger partial charge < -0.3 is 9.80 Å². The van der Waals surface area contributed by atoms with E-state index < -0.39 is 0 Å². The number of para-hydroxylation sites is 1. The van der Waals surface area contributed by atoms with Gasteiger partial charge in [-0.1, -0.05) is 74.5 Å². The van der Waals surface area contributed by atoms with Crippen molar-refractivity contribution in [2.75, 3.05) is 11.9 Å². The molecule has 2 aliphatic rings. The molecule has 3 aromatic carbocycles. The first-order valence-corrected chi connectivity index (χ1v) is 14.1. The van der Waals surface area contributed by atoms with Crippen LogP contribution in [0.1, 0.15) is 35.2 Å². The van der Waals surface area contributed by atoms with E-state index in [4.69, 9.17) is 10.5 Å². The van der Waals surface area contributed by atoms with Crippen molar-refractivity contribution in [3.63, 3.8) is 0 Å². The zero-order valence-electron chi connectivity index (χ0n) is 22.7. The van der Waals surface area contributed by atoms with Gasteiger partial charge in [-0.2, -0.15) is 10.5 Å². The zero-order valence-corrected chi connectivity index (χ0v) is 23.5. The first kappa shape index (κ1) is 25.4. The number of benzene rings is 3. The minimum absolute atomic E-state index is 0.102. The summed E-state index contributed by atoms with van der Waals surface area (Å²) in [5.41, 5.74) is 6.05. The Kier molecular flexibility index (Phi) is 6.39. The van der Waals surface area contributed by atoms with Gasteiger partial charge in [0.05, 0.1) is 17.4 Å². The van der Waals surface area contributed by atoms with Gasteiger partial charge in [-0.3, -0.25) is 0 Å². The average molecular weight is 537 g/mol. The van der Waals surface area contributed by atoms with Crippen LogP contribution in [-0.4, -0.2) is 11.9 Å². The van der Waals surface area contributed by atoms with Crippen molar-refractivity contribution in [3.05, 3.63) is 135 Å². The molecule has 1 atom stereocenters. The molecule has 1 aromatic heterocycles. The first-order chi connectivity index (χ1) is 19.4. The number of thiophene rings is 1. The molecule has 40 heavy (non-hydrogen) atoms. The van der Waals surface area contributed by atoms with Crippen LogP contribution < -0.4 is 4.90 Å². The maximum atomic E-state index is 9.01. The molecule has 6 rings (SSSR count). The van der Waals surface area contributed by atoms with Crippen molar-refractivity contribution in [2.45, 2.75) is 25.3 Å². The van der Waals surface area contributed by atoms with E-state index in [0.29, 0.717) is 0 Å². The molecule has 0 N–H and O–H groups in total. The summed E-state index contributed by atoms with van der Waals surface area (Å²) >= 11 is 1.78. The van der Waals surface area contributed by atoms with Crippen LogP contribution in [0.15, 0.2) is 120 Å². The number of nitrogens with zero attached hydrogens (tertiary/aromatic N) is 4. The molecular formula is C35H28N4S. The normalized spacial score (nSPS) is 16.9. The highest BCUT2D eigenvalue weighted by Gasteiger charge is 2.46. The van der Waals surface area contributed by atoms with Gasteiger partial charge in [0.15, 0.2) is 0 Å². The van der Waals surface area contributed by atoms with Crippen molar-refractivity contribution < 1.29 is 0 Å². The van der Waals surface area contributed by atoms with E-state index in [1.807, 2.05) is 18.2 Å². The van der Waals surface area contributed by atoms with Gasteiger partial charge in [-0.15, -0.1) is 11.3 Å². The van der Waals surface area contributed by atoms with E-state index >= 15 is 0 Å². The minimum Gasteiger partial charge on any atom is -0.367 e. The minimum atomic E-state index is -0.155. The topological polar surface area (TPSA) is 54.1 Å². The first-order valence-electron chi connectivity index (χ1n) is 13.2. The standard InChI is InChI=1S/C35H28N4S/c1-35(2)30-19-27(23-38(3)33(30)34-31(35)20-28(40-34)16-9-11-24(21-36)22-37)39(26-14-5-4-6-15-26)32-18-10-13-25-12-7-8-17-29(25)32/h4-20,23,33H,1-3H3/b16-9+.